The maximum Gasteiger partial charge on any atom is 0.139 e. The first kappa shape index (κ1) is 13.4. The van der Waals surface area contributed by atoms with E-state index >= 15 is 0 Å². The summed E-state index contributed by atoms with van der Waals surface area (Å²) < 4.78 is 6.00. The standard InChI is InChI=1S/C15H20ClNO/c1-4-8-17-9-13-11(5-2)14-12(16)7-6-10(3)15(14)18-13/h6-7,17H,4-5,8-9H2,1-3H3. The van der Waals surface area contributed by atoms with Crippen molar-refractivity contribution in [3.63, 3.8) is 0 Å². The number of nitrogens with one attached hydrogen (secondary N) is 1. The second kappa shape index (κ2) is 5.77. The van der Waals surface area contributed by atoms with E-state index in [1.54, 1.807) is 0 Å². The van der Waals surface area contributed by atoms with Gasteiger partial charge in [-0.3, -0.25) is 0 Å². The molecule has 0 aliphatic heterocycles. The van der Waals surface area contributed by atoms with Crippen molar-refractivity contribution in [2.45, 2.75) is 40.2 Å². The molecule has 0 aliphatic carbocycles. The fourth-order valence-electron chi connectivity index (χ4n) is 2.30. The van der Waals surface area contributed by atoms with Gasteiger partial charge in [0.15, 0.2) is 0 Å². The third-order valence-electron chi connectivity index (χ3n) is 3.23. The van der Waals surface area contributed by atoms with Crippen LogP contribution in [0.15, 0.2) is 16.5 Å². The Morgan fingerprint density at radius 2 is 2.06 bits per heavy atom. The van der Waals surface area contributed by atoms with E-state index in [0.29, 0.717) is 0 Å². The zero-order chi connectivity index (χ0) is 13.1. The number of aryl methyl sites for hydroxylation is 2. The Morgan fingerprint density at radius 3 is 2.72 bits per heavy atom. The normalized spacial score (nSPS) is 11.3. The van der Waals surface area contributed by atoms with Gasteiger partial charge in [0, 0.05) is 10.9 Å². The number of rotatable bonds is 5. The van der Waals surface area contributed by atoms with Crippen LogP contribution in [0.1, 0.15) is 37.2 Å². The highest BCUT2D eigenvalue weighted by atomic mass is 35.5. The third-order valence-corrected chi connectivity index (χ3v) is 3.55. The van der Waals surface area contributed by atoms with Crippen LogP contribution in [0.2, 0.25) is 5.02 Å². The monoisotopic (exact) mass is 265 g/mol. The number of halogens is 1. The fourth-order valence-corrected chi connectivity index (χ4v) is 2.56. The van der Waals surface area contributed by atoms with Gasteiger partial charge < -0.3 is 9.73 Å². The molecule has 2 rings (SSSR count). The maximum atomic E-state index is 6.31. The largest absolute Gasteiger partial charge is 0.459 e. The molecule has 3 heteroatoms. The van der Waals surface area contributed by atoms with Gasteiger partial charge in [-0.2, -0.15) is 0 Å². The Bertz CT molecular complexity index is 545. The van der Waals surface area contributed by atoms with Gasteiger partial charge in [-0.25, -0.2) is 0 Å². The smallest absolute Gasteiger partial charge is 0.139 e. The van der Waals surface area contributed by atoms with Gasteiger partial charge in [0.05, 0.1) is 11.6 Å². The third kappa shape index (κ3) is 2.40. The predicted molar refractivity (Wildman–Crippen MR) is 77.3 cm³/mol. The molecule has 0 saturated heterocycles. The molecule has 1 heterocycles. The van der Waals surface area contributed by atoms with Gasteiger partial charge in [0.2, 0.25) is 0 Å². The summed E-state index contributed by atoms with van der Waals surface area (Å²) in [5, 5.41) is 5.27. The van der Waals surface area contributed by atoms with Crippen LogP contribution in [0.4, 0.5) is 0 Å². The summed E-state index contributed by atoms with van der Waals surface area (Å²) in [6.07, 6.45) is 2.07. The Labute approximate surface area is 113 Å². The molecule has 2 aromatic rings. The summed E-state index contributed by atoms with van der Waals surface area (Å²) in [5.41, 5.74) is 3.32. The van der Waals surface area contributed by atoms with E-state index < -0.39 is 0 Å². The molecule has 0 saturated carbocycles. The summed E-state index contributed by atoms with van der Waals surface area (Å²) in [5.74, 6) is 1.03. The second-order valence-electron chi connectivity index (χ2n) is 4.60. The Hall–Kier alpha value is -0.990. The average Bonchev–Trinajstić information content (AvgIpc) is 2.74. The second-order valence-corrected chi connectivity index (χ2v) is 5.01. The van der Waals surface area contributed by atoms with Crippen molar-refractivity contribution in [2.75, 3.05) is 6.54 Å². The van der Waals surface area contributed by atoms with Gasteiger partial charge in [-0.1, -0.05) is 31.5 Å². The van der Waals surface area contributed by atoms with Gasteiger partial charge in [-0.05, 0) is 37.9 Å². The number of furan rings is 1. The van der Waals surface area contributed by atoms with E-state index in [1.807, 2.05) is 12.1 Å². The van der Waals surface area contributed by atoms with E-state index in [9.17, 15) is 0 Å². The lowest BCUT2D eigenvalue weighted by molar-refractivity contribution is 0.507. The minimum atomic E-state index is 0.779. The van der Waals surface area contributed by atoms with Crippen molar-refractivity contribution in [3.05, 3.63) is 34.0 Å². The van der Waals surface area contributed by atoms with Crippen LogP contribution in [0, 0.1) is 6.92 Å². The van der Waals surface area contributed by atoms with Crippen LogP contribution < -0.4 is 5.32 Å². The molecule has 98 valence electrons. The zero-order valence-electron chi connectivity index (χ0n) is 11.3. The first-order valence-electron chi connectivity index (χ1n) is 6.59. The first-order chi connectivity index (χ1) is 8.69. The molecule has 0 bridgehead atoms. The molecule has 0 radical (unpaired) electrons. The minimum Gasteiger partial charge on any atom is -0.459 e. The summed E-state index contributed by atoms with van der Waals surface area (Å²) in [4.78, 5) is 0. The van der Waals surface area contributed by atoms with Crippen molar-refractivity contribution >= 4 is 22.6 Å². The van der Waals surface area contributed by atoms with E-state index in [-0.39, 0.29) is 0 Å². The number of hydrogen-bond acceptors (Lipinski definition) is 2. The van der Waals surface area contributed by atoms with E-state index in [4.69, 9.17) is 16.0 Å². The first-order valence-corrected chi connectivity index (χ1v) is 6.96. The van der Waals surface area contributed by atoms with E-state index in [2.05, 4.69) is 26.1 Å². The summed E-state index contributed by atoms with van der Waals surface area (Å²) in [6.45, 7) is 8.15. The van der Waals surface area contributed by atoms with Crippen molar-refractivity contribution < 1.29 is 4.42 Å². The highest BCUT2D eigenvalue weighted by molar-refractivity contribution is 6.35. The van der Waals surface area contributed by atoms with Crippen LogP contribution >= 0.6 is 11.6 Å². The number of fused-ring (bicyclic) bond motifs is 1. The van der Waals surface area contributed by atoms with Crippen LogP contribution in [0.25, 0.3) is 11.0 Å². The molecule has 1 aromatic carbocycles. The molecule has 0 aliphatic rings. The van der Waals surface area contributed by atoms with Gasteiger partial charge in [-0.15, -0.1) is 0 Å². The molecule has 0 atom stereocenters. The Kier molecular flexibility index (Phi) is 4.31. The molecule has 1 N–H and O–H groups in total. The van der Waals surface area contributed by atoms with Crippen LogP contribution in [0.5, 0.6) is 0 Å². The molecular formula is C15H20ClNO. The predicted octanol–water partition coefficient (Wildman–Crippen LogP) is 4.46. The minimum absolute atomic E-state index is 0.779. The topological polar surface area (TPSA) is 25.2 Å². The van der Waals surface area contributed by atoms with Crippen molar-refractivity contribution in [2.24, 2.45) is 0 Å². The molecule has 0 fully saturated rings. The number of hydrogen-bond donors (Lipinski definition) is 1. The lowest BCUT2D eigenvalue weighted by Gasteiger charge is -2.02. The highest BCUT2D eigenvalue weighted by Crippen LogP contribution is 2.34. The molecule has 0 spiro atoms. The zero-order valence-corrected chi connectivity index (χ0v) is 12.0. The summed E-state index contributed by atoms with van der Waals surface area (Å²) >= 11 is 6.31. The Balaban J connectivity index is 2.47. The van der Waals surface area contributed by atoms with Crippen LogP contribution in [0.3, 0.4) is 0 Å². The van der Waals surface area contributed by atoms with E-state index in [1.165, 1.54) is 5.56 Å². The molecule has 18 heavy (non-hydrogen) atoms. The average molecular weight is 266 g/mol. The fraction of sp³-hybridized carbons (Fsp3) is 0.467. The van der Waals surface area contributed by atoms with Crippen molar-refractivity contribution in [3.8, 4) is 0 Å². The van der Waals surface area contributed by atoms with Gasteiger partial charge in [0.25, 0.3) is 0 Å². The molecular weight excluding hydrogens is 246 g/mol. The summed E-state index contributed by atoms with van der Waals surface area (Å²) in [7, 11) is 0. The van der Waals surface area contributed by atoms with Gasteiger partial charge >= 0.3 is 0 Å². The summed E-state index contributed by atoms with van der Waals surface area (Å²) in [6, 6.07) is 3.97. The van der Waals surface area contributed by atoms with E-state index in [0.717, 1.165) is 53.2 Å². The van der Waals surface area contributed by atoms with Crippen molar-refractivity contribution in [1.29, 1.82) is 0 Å². The van der Waals surface area contributed by atoms with Crippen molar-refractivity contribution in [1.82, 2.24) is 5.32 Å². The Morgan fingerprint density at radius 1 is 1.28 bits per heavy atom. The maximum absolute atomic E-state index is 6.31. The quantitative estimate of drug-likeness (QED) is 0.808. The highest BCUT2D eigenvalue weighted by Gasteiger charge is 2.16. The molecule has 1 aromatic heterocycles. The number of benzene rings is 1. The lowest BCUT2D eigenvalue weighted by atomic mass is 10.1. The molecule has 2 nitrogen and oxygen atoms in total. The lowest BCUT2D eigenvalue weighted by Crippen LogP contribution is -2.14. The van der Waals surface area contributed by atoms with Crippen LogP contribution in [-0.4, -0.2) is 6.54 Å². The SMILES string of the molecule is CCCNCc1oc2c(C)ccc(Cl)c2c1CC. The van der Waals surface area contributed by atoms with Crippen LogP contribution in [-0.2, 0) is 13.0 Å². The molecule has 0 unspecified atom stereocenters. The van der Waals surface area contributed by atoms with Gasteiger partial charge in [0.1, 0.15) is 11.3 Å². The molecule has 0 amide bonds.